The van der Waals surface area contributed by atoms with Crippen molar-refractivity contribution in [3.05, 3.63) is 52.9 Å². The molecular weight excluding hydrogens is 414 g/mol. The highest BCUT2D eigenvalue weighted by Gasteiger charge is 2.37. The molecule has 2 aromatic heterocycles. The van der Waals surface area contributed by atoms with E-state index in [2.05, 4.69) is 15.5 Å². The molecule has 0 atom stereocenters. The molecule has 5 rings (SSSR count). The van der Waals surface area contributed by atoms with Crippen LogP contribution in [-0.2, 0) is 16.6 Å². The van der Waals surface area contributed by atoms with Gasteiger partial charge in [-0.15, -0.1) is 11.3 Å². The monoisotopic (exact) mass is 431 g/mol. The second-order valence-corrected chi connectivity index (χ2v) is 9.78. The fourth-order valence-corrected chi connectivity index (χ4v) is 5.86. The number of hydrogen-bond donors (Lipinski definition) is 1. The maximum absolute atomic E-state index is 13.1. The number of carbonyl (C=O) groups excluding carboxylic acids is 1. The van der Waals surface area contributed by atoms with Gasteiger partial charge in [0.1, 0.15) is 0 Å². The third kappa shape index (κ3) is 3.30. The number of sulfonamides is 1. The van der Waals surface area contributed by atoms with Crippen LogP contribution in [0.3, 0.4) is 0 Å². The highest BCUT2D eigenvalue weighted by molar-refractivity contribution is 7.89. The summed E-state index contributed by atoms with van der Waals surface area (Å²) in [7, 11) is -3.60. The van der Waals surface area contributed by atoms with Gasteiger partial charge in [0, 0.05) is 32.2 Å². The molecule has 2 aliphatic rings. The van der Waals surface area contributed by atoms with Gasteiger partial charge in [-0.2, -0.15) is 4.31 Å². The molecule has 0 radical (unpaired) electrons. The number of carbonyl (C=O) groups is 1. The molecule has 0 fully saturated rings. The smallest absolute Gasteiger partial charge is 0.318 e. The average molecular weight is 431 g/mol. The molecule has 4 heterocycles. The van der Waals surface area contributed by atoms with Crippen LogP contribution in [-0.4, -0.2) is 60.0 Å². The Hall–Kier alpha value is -2.76. The molecule has 11 heteroatoms. The molecule has 0 unspecified atom stereocenters. The van der Waals surface area contributed by atoms with Crippen molar-refractivity contribution >= 4 is 37.6 Å². The van der Waals surface area contributed by atoms with E-state index in [1.807, 2.05) is 0 Å². The molecule has 0 saturated heterocycles. The number of nitrogens with zero attached hydrogens (tertiary/aromatic N) is 4. The van der Waals surface area contributed by atoms with E-state index in [1.54, 1.807) is 34.7 Å². The molecule has 0 bridgehead atoms. The molecule has 29 heavy (non-hydrogen) atoms. The number of aromatic nitrogens is 2. The Balaban J connectivity index is 1.23. The molecule has 3 aromatic rings. The van der Waals surface area contributed by atoms with E-state index in [9.17, 15) is 13.2 Å². The second kappa shape index (κ2) is 6.94. The Kier molecular flexibility index (Phi) is 4.37. The zero-order valence-electron chi connectivity index (χ0n) is 15.2. The molecule has 9 nitrogen and oxygen atoms in total. The standard InChI is InChI=1S/C18H17N5O4S2/c24-18(19-6-14-3-4-21-27-14)22-7-12-9-23(10-13(12)8-22)29(25,26)15-1-2-16-17(5-15)28-11-20-16/h1-5,11H,6-10H2,(H,19,24). The molecule has 0 saturated carbocycles. The first-order chi connectivity index (χ1) is 14.0. The van der Waals surface area contributed by atoms with Crippen molar-refractivity contribution < 1.29 is 17.7 Å². The second-order valence-electron chi connectivity index (χ2n) is 6.96. The van der Waals surface area contributed by atoms with Crippen molar-refractivity contribution in [2.24, 2.45) is 0 Å². The van der Waals surface area contributed by atoms with Crippen LogP contribution in [0, 0.1) is 0 Å². The van der Waals surface area contributed by atoms with Crippen LogP contribution in [0.15, 0.2) is 56.5 Å². The van der Waals surface area contributed by atoms with E-state index in [4.69, 9.17) is 4.52 Å². The van der Waals surface area contributed by atoms with E-state index >= 15 is 0 Å². The van der Waals surface area contributed by atoms with Crippen LogP contribution >= 0.6 is 11.3 Å². The Morgan fingerprint density at radius 3 is 2.69 bits per heavy atom. The first-order valence-corrected chi connectivity index (χ1v) is 11.3. The summed E-state index contributed by atoms with van der Waals surface area (Å²) in [4.78, 5) is 18.5. The van der Waals surface area contributed by atoms with Crippen LogP contribution in [0.1, 0.15) is 5.76 Å². The van der Waals surface area contributed by atoms with Gasteiger partial charge in [0.25, 0.3) is 0 Å². The van der Waals surface area contributed by atoms with Gasteiger partial charge in [-0.05, 0) is 29.3 Å². The minimum atomic E-state index is -3.60. The van der Waals surface area contributed by atoms with Gasteiger partial charge < -0.3 is 14.7 Å². The third-order valence-electron chi connectivity index (χ3n) is 5.13. The predicted molar refractivity (Wildman–Crippen MR) is 106 cm³/mol. The molecule has 2 amide bonds. The lowest BCUT2D eigenvalue weighted by molar-refractivity contribution is 0.206. The summed E-state index contributed by atoms with van der Waals surface area (Å²) in [6.45, 7) is 1.74. The van der Waals surface area contributed by atoms with Gasteiger partial charge >= 0.3 is 6.03 Å². The highest BCUT2D eigenvalue weighted by atomic mass is 32.2. The Labute approximate surface area is 170 Å². The molecular formula is C18H17N5O4S2. The van der Waals surface area contributed by atoms with Crippen LogP contribution in [0.5, 0.6) is 0 Å². The van der Waals surface area contributed by atoms with Gasteiger partial charge in [-0.3, -0.25) is 0 Å². The summed E-state index contributed by atoms with van der Waals surface area (Å²) in [6, 6.07) is 6.49. The van der Waals surface area contributed by atoms with Crippen molar-refractivity contribution in [2.45, 2.75) is 11.4 Å². The van der Waals surface area contributed by atoms with Gasteiger partial charge in [0.15, 0.2) is 5.76 Å². The zero-order valence-corrected chi connectivity index (χ0v) is 16.9. The summed E-state index contributed by atoms with van der Waals surface area (Å²) >= 11 is 1.42. The number of thiazole rings is 1. The fourth-order valence-electron chi connectivity index (χ4n) is 3.61. The van der Waals surface area contributed by atoms with Gasteiger partial charge in [0.2, 0.25) is 10.0 Å². The molecule has 0 aliphatic carbocycles. The number of fused-ring (bicyclic) bond motifs is 1. The SMILES string of the molecule is O=C(NCc1ccno1)N1CC2=C(C1)CN(S(=O)(=O)c1ccc3ncsc3c1)C2. The van der Waals surface area contributed by atoms with Crippen LogP contribution < -0.4 is 5.32 Å². The van der Waals surface area contributed by atoms with Gasteiger partial charge in [0.05, 0.1) is 33.4 Å². The normalized spacial score (nSPS) is 17.3. The van der Waals surface area contributed by atoms with Crippen molar-refractivity contribution in [1.29, 1.82) is 0 Å². The van der Waals surface area contributed by atoms with E-state index in [-0.39, 0.29) is 17.5 Å². The van der Waals surface area contributed by atoms with Crippen molar-refractivity contribution in [2.75, 3.05) is 26.2 Å². The Morgan fingerprint density at radius 2 is 1.97 bits per heavy atom. The van der Waals surface area contributed by atoms with E-state index in [0.29, 0.717) is 31.9 Å². The fraction of sp³-hybridized carbons (Fsp3) is 0.278. The maximum Gasteiger partial charge on any atom is 0.318 e. The van der Waals surface area contributed by atoms with E-state index in [1.165, 1.54) is 21.8 Å². The Bertz CT molecular complexity index is 1200. The Morgan fingerprint density at radius 1 is 1.17 bits per heavy atom. The summed E-state index contributed by atoms with van der Waals surface area (Å²) in [5.41, 5.74) is 4.47. The van der Waals surface area contributed by atoms with E-state index in [0.717, 1.165) is 21.4 Å². The van der Waals surface area contributed by atoms with E-state index < -0.39 is 10.0 Å². The lowest BCUT2D eigenvalue weighted by Crippen LogP contribution is -2.41. The summed E-state index contributed by atoms with van der Waals surface area (Å²) < 4.78 is 33.4. The maximum atomic E-state index is 13.1. The number of hydrogen-bond acceptors (Lipinski definition) is 7. The lowest BCUT2D eigenvalue weighted by atomic mass is 10.2. The van der Waals surface area contributed by atoms with Crippen LogP contribution in [0.4, 0.5) is 4.79 Å². The first kappa shape index (κ1) is 18.3. The largest absolute Gasteiger partial charge is 0.360 e. The number of urea groups is 1. The number of amides is 2. The number of rotatable bonds is 4. The molecule has 0 spiro atoms. The summed E-state index contributed by atoms with van der Waals surface area (Å²) in [5, 5.41) is 6.39. The first-order valence-electron chi connectivity index (χ1n) is 8.96. The molecule has 1 aromatic carbocycles. The quantitative estimate of drug-likeness (QED) is 0.631. The average Bonchev–Trinajstić information content (AvgIpc) is 3.48. The van der Waals surface area contributed by atoms with Gasteiger partial charge in [-0.25, -0.2) is 18.2 Å². The third-order valence-corrected chi connectivity index (χ3v) is 7.71. The van der Waals surface area contributed by atoms with Crippen molar-refractivity contribution in [3.8, 4) is 0 Å². The van der Waals surface area contributed by atoms with Crippen molar-refractivity contribution in [3.63, 3.8) is 0 Å². The van der Waals surface area contributed by atoms with Crippen LogP contribution in [0.25, 0.3) is 10.2 Å². The number of benzene rings is 1. The minimum Gasteiger partial charge on any atom is -0.360 e. The van der Waals surface area contributed by atoms with Crippen molar-refractivity contribution in [1.82, 2.24) is 24.7 Å². The minimum absolute atomic E-state index is 0.208. The zero-order chi connectivity index (χ0) is 20.0. The molecule has 150 valence electrons. The topological polar surface area (TPSA) is 109 Å². The lowest BCUT2D eigenvalue weighted by Gasteiger charge is -2.23. The summed E-state index contributed by atoms with van der Waals surface area (Å²) in [6.07, 6.45) is 1.52. The highest BCUT2D eigenvalue weighted by Crippen LogP contribution is 2.31. The molecule has 1 N–H and O–H groups in total. The van der Waals surface area contributed by atoms with Crippen LogP contribution in [0.2, 0.25) is 0 Å². The van der Waals surface area contributed by atoms with Gasteiger partial charge in [-0.1, -0.05) is 5.16 Å². The number of nitrogens with one attached hydrogen (secondary N) is 1. The molecule has 2 aliphatic heterocycles. The predicted octanol–water partition coefficient (Wildman–Crippen LogP) is 1.81. The summed E-state index contributed by atoms with van der Waals surface area (Å²) in [5.74, 6) is 0.577.